The number of hydrogen-bond acceptors (Lipinski definition) is 4. The molecule has 5 heteroatoms. The zero-order chi connectivity index (χ0) is 12.4. The Morgan fingerprint density at radius 2 is 2.28 bits per heavy atom. The number of para-hydroxylation sites is 1. The molecule has 4 nitrogen and oxygen atoms in total. The van der Waals surface area contributed by atoms with E-state index in [4.69, 9.17) is 16.0 Å². The van der Waals surface area contributed by atoms with Crippen LogP contribution in [0.25, 0.3) is 11.1 Å². The van der Waals surface area contributed by atoms with Crippen molar-refractivity contribution >= 4 is 22.7 Å². The second-order valence-corrected chi connectivity index (χ2v) is 4.98. The molecule has 2 heterocycles. The summed E-state index contributed by atoms with van der Waals surface area (Å²) in [6.45, 7) is 5.00. The summed E-state index contributed by atoms with van der Waals surface area (Å²) in [5.41, 5.74) is 1.53. The van der Waals surface area contributed by atoms with E-state index in [1.165, 1.54) is 6.42 Å². The van der Waals surface area contributed by atoms with Crippen LogP contribution in [-0.4, -0.2) is 36.1 Å². The molecule has 3 rings (SSSR count). The van der Waals surface area contributed by atoms with Crippen LogP contribution in [0.4, 0.5) is 0 Å². The van der Waals surface area contributed by atoms with Gasteiger partial charge in [0.1, 0.15) is 5.52 Å². The van der Waals surface area contributed by atoms with Gasteiger partial charge in [-0.1, -0.05) is 17.7 Å². The zero-order valence-electron chi connectivity index (χ0n) is 10.2. The fourth-order valence-corrected chi connectivity index (χ4v) is 2.49. The summed E-state index contributed by atoms with van der Waals surface area (Å²) < 4.78 is 5.74. The maximum absolute atomic E-state index is 6.08. The average molecular weight is 266 g/mol. The highest BCUT2D eigenvalue weighted by Crippen LogP contribution is 2.24. The van der Waals surface area contributed by atoms with Gasteiger partial charge in [-0.05, 0) is 31.6 Å². The molecule has 1 aromatic heterocycles. The van der Waals surface area contributed by atoms with Crippen LogP contribution in [0, 0.1) is 0 Å². The highest BCUT2D eigenvalue weighted by Gasteiger charge is 2.14. The lowest BCUT2D eigenvalue weighted by atomic mass is 10.3. The van der Waals surface area contributed by atoms with Gasteiger partial charge in [-0.3, -0.25) is 4.90 Å². The number of benzene rings is 1. The highest BCUT2D eigenvalue weighted by atomic mass is 35.5. The third-order valence-electron chi connectivity index (χ3n) is 3.20. The summed E-state index contributed by atoms with van der Waals surface area (Å²) >= 11 is 6.08. The number of nitrogens with one attached hydrogen (secondary N) is 1. The van der Waals surface area contributed by atoms with E-state index >= 15 is 0 Å². The molecule has 0 spiro atoms. The predicted molar refractivity (Wildman–Crippen MR) is 71.8 cm³/mol. The molecular weight excluding hydrogens is 250 g/mol. The van der Waals surface area contributed by atoms with E-state index in [9.17, 15) is 0 Å². The van der Waals surface area contributed by atoms with Gasteiger partial charge in [0.05, 0.1) is 11.6 Å². The minimum absolute atomic E-state index is 0.629. The monoisotopic (exact) mass is 265 g/mol. The Bertz CT molecular complexity index is 532. The first-order valence-electron chi connectivity index (χ1n) is 6.30. The molecule has 1 aliphatic heterocycles. The number of halogens is 1. The van der Waals surface area contributed by atoms with Crippen LogP contribution in [-0.2, 0) is 6.54 Å². The van der Waals surface area contributed by atoms with Gasteiger partial charge in [0, 0.05) is 13.1 Å². The molecule has 1 fully saturated rings. The molecule has 2 aromatic rings. The molecule has 18 heavy (non-hydrogen) atoms. The van der Waals surface area contributed by atoms with Crippen LogP contribution in [0.15, 0.2) is 22.6 Å². The lowest BCUT2D eigenvalue weighted by Gasteiger charge is -2.16. The Morgan fingerprint density at radius 1 is 1.33 bits per heavy atom. The lowest BCUT2D eigenvalue weighted by Crippen LogP contribution is -2.27. The fourth-order valence-electron chi connectivity index (χ4n) is 2.28. The number of nitrogens with zero attached hydrogens (tertiary/aromatic N) is 2. The Hall–Kier alpha value is -1.10. The molecule has 0 saturated carbocycles. The van der Waals surface area contributed by atoms with Gasteiger partial charge in [-0.2, -0.15) is 0 Å². The van der Waals surface area contributed by atoms with Crippen molar-refractivity contribution < 1.29 is 4.42 Å². The largest absolute Gasteiger partial charge is 0.438 e. The molecule has 0 bridgehead atoms. The van der Waals surface area contributed by atoms with Gasteiger partial charge in [-0.15, -0.1) is 0 Å². The number of fused-ring (bicyclic) bond motifs is 1. The van der Waals surface area contributed by atoms with E-state index in [0.717, 1.165) is 44.1 Å². The summed E-state index contributed by atoms with van der Waals surface area (Å²) in [6, 6.07) is 5.65. The summed E-state index contributed by atoms with van der Waals surface area (Å²) in [7, 11) is 0. The number of aromatic nitrogens is 1. The zero-order valence-corrected chi connectivity index (χ0v) is 10.9. The molecule has 0 aliphatic carbocycles. The standard InChI is InChI=1S/C13H16ClN3O/c14-10-3-1-4-11-13(10)18-12(16-11)9-17-7-2-5-15-6-8-17/h1,3-4,15H,2,5-9H2. The van der Waals surface area contributed by atoms with Crippen LogP contribution in [0.3, 0.4) is 0 Å². The normalized spacial score (nSPS) is 18.1. The van der Waals surface area contributed by atoms with E-state index in [2.05, 4.69) is 15.2 Å². The van der Waals surface area contributed by atoms with Crippen molar-refractivity contribution in [1.82, 2.24) is 15.2 Å². The van der Waals surface area contributed by atoms with E-state index in [1.54, 1.807) is 0 Å². The average Bonchev–Trinajstić information content (AvgIpc) is 2.60. The first-order valence-corrected chi connectivity index (χ1v) is 6.68. The Kier molecular flexibility index (Phi) is 3.50. The van der Waals surface area contributed by atoms with E-state index in [-0.39, 0.29) is 0 Å². The van der Waals surface area contributed by atoms with Gasteiger partial charge in [0.25, 0.3) is 0 Å². The van der Waals surface area contributed by atoms with Gasteiger partial charge >= 0.3 is 0 Å². The first-order chi connectivity index (χ1) is 8.83. The van der Waals surface area contributed by atoms with E-state index < -0.39 is 0 Å². The van der Waals surface area contributed by atoms with Crippen LogP contribution < -0.4 is 5.32 Å². The SMILES string of the molecule is Clc1cccc2nc(CN3CCCNCC3)oc12. The molecule has 1 N–H and O–H groups in total. The molecule has 96 valence electrons. The van der Waals surface area contributed by atoms with Crippen LogP contribution in [0.1, 0.15) is 12.3 Å². The quantitative estimate of drug-likeness (QED) is 0.905. The summed E-state index contributed by atoms with van der Waals surface area (Å²) in [4.78, 5) is 6.84. The first kappa shape index (κ1) is 12.0. The minimum atomic E-state index is 0.629. The molecule has 0 unspecified atom stereocenters. The van der Waals surface area contributed by atoms with E-state index in [0.29, 0.717) is 10.6 Å². The second kappa shape index (κ2) is 5.26. The molecular formula is C13H16ClN3O. The van der Waals surface area contributed by atoms with Gasteiger partial charge in [0.2, 0.25) is 5.89 Å². The number of hydrogen-bond donors (Lipinski definition) is 1. The van der Waals surface area contributed by atoms with Crippen molar-refractivity contribution in [3.05, 3.63) is 29.1 Å². The van der Waals surface area contributed by atoms with E-state index in [1.807, 2.05) is 18.2 Å². The van der Waals surface area contributed by atoms with Crippen molar-refractivity contribution in [1.29, 1.82) is 0 Å². The maximum atomic E-state index is 6.08. The van der Waals surface area contributed by atoms with Crippen molar-refractivity contribution in [3.63, 3.8) is 0 Å². The van der Waals surface area contributed by atoms with Crippen LogP contribution >= 0.6 is 11.6 Å². The lowest BCUT2D eigenvalue weighted by molar-refractivity contribution is 0.257. The van der Waals surface area contributed by atoms with Crippen molar-refractivity contribution in [3.8, 4) is 0 Å². The third-order valence-corrected chi connectivity index (χ3v) is 3.50. The summed E-state index contributed by atoms with van der Waals surface area (Å²) in [5.74, 6) is 0.750. The topological polar surface area (TPSA) is 41.3 Å². The Morgan fingerprint density at radius 3 is 3.17 bits per heavy atom. The molecule has 0 radical (unpaired) electrons. The highest BCUT2D eigenvalue weighted by molar-refractivity contribution is 6.34. The number of rotatable bonds is 2. The molecule has 1 aromatic carbocycles. The summed E-state index contributed by atoms with van der Waals surface area (Å²) in [5, 5.41) is 4.01. The van der Waals surface area contributed by atoms with Crippen molar-refractivity contribution in [2.75, 3.05) is 26.2 Å². The van der Waals surface area contributed by atoms with Gasteiger partial charge in [-0.25, -0.2) is 4.98 Å². The number of oxazole rings is 1. The maximum Gasteiger partial charge on any atom is 0.209 e. The van der Waals surface area contributed by atoms with Crippen molar-refractivity contribution in [2.45, 2.75) is 13.0 Å². The molecule has 0 atom stereocenters. The second-order valence-electron chi connectivity index (χ2n) is 4.58. The molecule has 0 amide bonds. The minimum Gasteiger partial charge on any atom is -0.438 e. The Labute approximate surface area is 111 Å². The fraction of sp³-hybridized carbons (Fsp3) is 0.462. The Balaban J connectivity index is 1.79. The smallest absolute Gasteiger partial charge is 0.209 e. The van der Waals surface area contributed by atoms with Gasteiger partial charge in [0.15, 0.2) is 5.58 Å². The summed E-state index contributed by atoms with van der Waals surface area (Å²) in [6.07, 6.45) is 1.17. The molecule has 1 saturated heterocycles. The van der Waals surface area contributed by atoms with Gasteiger partial charge < -0.3 is 9.73 Å². The van der Waals surface area contributed by atoms with Crippen LogP contribution in [0.5, 0.6) is 0 Å². The van der Waals surface area contributed by atoms with Crippen molar-refractivity contribution in [2.24, 2.45) is 0 Å². The predicted octanol–water partition coefficient (Wildman–Crippen LogP) is 2.28. The van der Waals surface area contributed by atoms with Crippen LogP contribution in [0.2, 0.25) is 5.02 Å². The molecule has 1 aliphatic rings. The third kappa shape index (κ3) is 2.51.